The number of nitrogens with zero attached hydrogens (tertiary/aromatic N) is 1. The number of hydrogen-bond donors (Lipinski definition) is 1. The third-order valence-electron chi connectivity index (χ3n) is 2.23. The van der Waals surface area contributed by atoms with E-state index in [9.17, 15) is 4.79 Å². The van der Waals surface area contributed by atoms with Crippen LogP contribution in [0.1, 0.15) is 10.4 Å². The maximum absolute atomic E-state index is 10.8. The molecule has 1 heterocycles. The van der Waals surface area contributed by atoms with E-state index in [0.717, 1.165) is 15.6 Å². The van der Waals surface area contributed by atoms with Gasteiger partial charge in [0.25, 0.3) is 0 Å². The molecule has 3 nitrogen and oxygen atoms in total. The Bertz CT molecular complexity index is 586. The van der Waals surface area contributed by atoms with Crippen LogP contribution in [0.15, 0.2) is 41.1 Å². The van der Waals surface area contributed by atoms with Crippen LogP contribution in [-0.2, 0) is 0 Å². The van der Waals surface area contributed by atoms with E-state index in [1.165, 1.54) is 12.1 Å². The van der Waals surface area contributed by atoms with Crippen LogP contribution in [0.3, 0.4) is 0 Å². The highest BCUT2D eigenvalue weighted by Gasteiger charge is 2.09. The van der Waals surface area contributed by atoms with Gasteiger partial charge in [-0.15, -0.1) is 0 Å². The second kappa shape index (κ2) is 4.85. The quantitative estimate of drug-likeness (QED) is 0.916. The highest BCUT2D eigenvalue weighted by Crippen LogP contribution is 2.29. The van der Waals surface area contributed by atoms with Crippen LogP contribution < -0.4 is 0 Å². The van der Waals surface area contributed by atoms with Gasteiger partial charge in [-0.05, 0) is 34.1 Å². The summed E-state index contributed by atoms with van der Waals surface area (Å²) in [5, 5.41) is 9.23. The lowest BCUT2D eigenvalue weighted by atomic mass is 10.1. The van der Waals surface area contributed by atoms with Crippen LogP contribution in [0.4, 0.5) is 0 Å². The molecule has 5 heteroatoms. The highest BCUT2D eigenvalue weighted by atomic mass is 79.9. The normalized spacial score (nSPS) is 10.2. The van der Waals surface area contributed by atoms with Crippen LogP contribution in [0.25, 0.3) is 11.1 Å². The molecule has 1 aromatic heterocycles. The number of carboxylic acids is 1. The number of halogens is 2. The first kappa shape index (κ1) is 12.1. The molecule has 17 heavy (non-hydrogen) atoms. The molecule has 0 aliphatic heterocycles. The summed E-state index contributed by atoms with van der Waals surface area (Å²) in [7, 11) is 0. The zero-order valence-electron chi connectivity index (χ0n) is 8.52. The molecule has 0 aliphatic rings. The Labute approximate surface area is 111 Å². The smallest absolute Gasteiger partial charge is 0.335 e. The summed E-state index contributed by atoms with van der Waals surface area (Å²) in [5.74, 6) is -0.995. The van der Waals surface area contributed by atoms with Crippen LogP contribution in [0, 0.1) is 0 Å². The van der Waals surface area contributed by atoms with Gasteiger partial charge in [-0.1, -0.05) is 17.7 Å². The molecule has 1 aromatic carbocycles. The molecule has 2 aromatic rings. The second-order valence-electron chi connectivity index (χ2n) is 3.39. The molecule has 0 bridgehead atoms. The van der Waals surface area contributed by atoms with Gasteiger partial charge in [0.05, 0.1) is 5.56 Å². The van der Waals surface area contributed by atoms with E-state index in [1.807, 2.05) is 6.07 Å². The maximum atomic E-state index is 10.8. The van der Waals surface area contributed by atoms with Crippen LogP contribution in [-0.4, -0.2) is 16.1 Å². The van der Waals surface area contributed by atoms with Gasteiger partial charge >= 0.3 is 5.97 Å². The monoisotopic (exact) mass is 311 g/mol. The van der Waals surface area contributed by atoms with Crippen molar-refractivity contribution in [3.8, 4) is 11.1 Å². The van der Waals surface area contributed by atoms with E-state index in [1.54, 1.807) is 18.5 Å². The number of pyridine rings is 1. The Kier molecular flexibility index (Phi) is 3.45. The molecule has 0 saturated carbocycles. The minimum absolute atomic E-state index is 0.168. The van der Waals surface area contributed by atoms with E-state index in [-0.39, 0.29) is 5.56 Å². The van der Waals surface area contributed by atoms with Gasteiger partial charge in [-0.2, -0.15) is 0 Å². The molecule has 1 N–H and O–H groups in total. The van der Waals surface area contributed by atoms with E-state index in [2.05, 4.69) is 20.9 Å². The summed E-state index contributed by atoms with van der Waals surface area (Å²) >= 11 is 9.38. The summed E-state index contributed by atoms with van der Waals surface area (Å²) in [5.41, 5.74) is 1.76. The van der Waals surface area contributed by atoms with E-state index >= 15 is 0 Å². The maximum Gasteiger partial charge on any atom is 0.335 e. The molecule has 0 amide bonds. The van der Waals surface area contributed by atoms with Crippen molar-refractivity contribution in [3.63, 3.8) is 0 Å². The summed E-state index contributed by atoms with van der Waals surface area (Å²) in [6.45, 7) is 0. The molecule has 0 fully saturated rings. The van der Waals surface area contributed by atoms with Gasteiger partial charge in [0.1, 0.15) is 0 Å². The van der Waals surface area contributed by atoms with Crippen molar-refractivity contribution in [3.05, 3.63) is 51.7 Å². The summed E-state index contributed by atoms with van der Waals surface area (Å²) in [6.07, 6.45) is 3.34. The zero-order chi connectivity index (χ0) is 12.4. The van der Waals surface area contributed by atoms with Crippen LogP contribution in [0.5, 0.6) is 0 Å². The first-order valence-corrected chi connectivity index (χ1v) is 5.89. The number of carbonyl (C=O) groups is 1. The second-order valence-corrected chi connectivity index (χ2v) is 4.71. The molecular formula is C12H7BrClNO2. The van der Waals surface area contributed by atoms with Crippen molar-refractivity contribution >= 4 is 33.5 Å². The van der Waals surface area contributed by atoms with E-state index < -0.39 is 5.97 Å². The first-order valence-electron chi connectivity index (χ1n) is 4.71. The van der Waals surface area contributed by atoms with Gasteiger partial charge in [0.2, 0.25) is 0 Å². The van der Waals surface area contributed by atoms with Gasteiger partial charge < -0.3 is 5.11 Å². The fraction of sp³-hybridized carbons (Fsp3) is 0. The Morgan fingerprint density at radius 3 is 2.65 bits per heavy atom. The highest BCUT2D eigenvalue weighted by molar-refractivity contribution is 9.10. The first-order chi connectivity index (χ1) is 8.08. The van der Waals surface area contributed by atoms with Crippen LogP contribution >= 0.6 is 27.5 Å². The topological polar surface area (TPSA) is 50.2 Å². The molecule has 0 spiro atoms. The number of rotatable bonds is 2. The van der Waals surface area contributed by atoms with Gasteiger partial charge in [0.15, 0.2) is 0 Å². The Morgan fingerprint density at radius 2 is 2.06 bits per heavy atom. The third kappa shape index (κ3) is 2.65. The molecule has 2 rings (SSSR count). The lowest BCUT2D eigenvalue weighted by Crippen LogP contribution is -1.96. The molecule has 0 aliphatic carbocycles. The number of hydrogen-bond acceptors (Lipinski definition) is 2. The summed E-state index contributed by atoms with van der Waals surface area (Å²) in [4.78, 5) is 14.8. The number of carboxylic acid groups (broad SMARTS) is 1. The predicted octanol–water partition coefficient (Wildman–Crippen LogP) is 3.86. The Balaban J connectivity index is 2.50. The fourth-order valence-electron chi connectivity index (χ4n) is 1.44. The van der Waals surface area contributed by atoms with Gasteiger partial charge in [-0.3, -0.25) is 4.98 Å². The van der Waals surface area contributed by atoms with Crippen molar-refractivity contribution in [1.82, 2.24) is 4.98 Å². The number of aromatic carboxylic acids is 1. The van der Waals surface area contributed by atoms with Crippen molar-refractivity contribution in [1.29, 1.82) is 0 Å². The predicted molar refractivity (Wildman–Crippen MR) is 69.3 cm³/mol. The molecule has 86 valence electrons. The molecule has 0 saturated heterocycles. The number of benzene rings is 1. The molecule has 0 radical (unpaired) electrons. The average Bonchev–Trinajstić information content (AvgIpc) is 2.28. The number of aromatic nitrogens is 1. The zero-order valence-corrected chi connectivity index (χ0v) is 10.9. The molecule has 0 unspecified atom stereocenters. The standard InChI is InChI=1S/C12H7BrClNO2/c13-9-3-8(5-15-6-9)10-2-1-7(12(16)17)4-11(10)14/h1-6H,(H,16,17). The minimum atomic E-state index is -0.995. The van der Waals surface area contributed by atoms with Gasteiger partial charge in [-0.25, -0.2) is 4.79 Å². The van der Waals surface area contributed by atoms with Crippen molar-refractivity contribution < 1.29 is 9.90 Å². The minimum Gasteiger partial charge on any atom is -0.478 e. The fourth-order valence-corrected chi connectivity index (χ4v) is 2.10. The summed E-state index contributed by atoms with van der Waals surface area (Å²) < 4.78 is 0.841. The van der Waals surface area contributed by atoms with Crippen molar-refractivity contribution in [2.24, 2.45) is 0 Å². The molecule has 0 atom stereocenters. The van der Waals surface area contributed by atoms with Crippen LogP contribution in [0.2, 0.25) is 5.02 Å². The lowest BCUT2D eigenvalue weighted by Gasteiger charge is -2.05. The lowest BCUT2D eigenvalue weighted by molar-refractivity contribution is 0.0697. The van der Waals surface area contributed by atoms with E-state index in [0.29, 0.717) is 5.02 Å². The van der Waals surface area contributed by atoms with E-state index in [4.69, 9.17) is 16.7 Å². The Morgan fingerprint density at radius 1 is 1.29 bits per heavy atom. The largest absolute Gasteiger partial charge is 0.478 e. The third-order valence-corrected chi connectivity index (χ3v) is 2.98. The van der Waals surface area contributed by atoms with Crippen molar-refractivity contribution in [2.75, 3.05) is 0 Å². The SMILES string of the molecule is O=C(O)c1ccc(-c2cncc(Br)c2)c(Cl)c1. The van der Waals surface area contributed by atoms with Crippen molar-refractivity contribution in [2.45, 2.75) is 0 Å². The molecular weight excluding hydrogens is 305 g/mol. The Hall–Kier alpha value is -1.39. The summed E-state index contributed by atoms with van der Waals surface area (Å²) in [6, 6.07) is 6.49. The average molecular weight is 313 g/mol. The van der Waals surface area contributed by atoms with Gasteiger partial charge in [0, 0.05) is 33.0 Å².